The number of aromatic hydroxyl groups is 1. The highest BCUT2D eigenvalue weighted by Gasteiger charge is 2.26. The van der Waals surface area contributed by atoms with Crippen LogP contribution >= 0.6 is 0 Å². The van der Waals surface area contributed by atoms with Gasteiger partial charge in [-0.2, -0.15) is 0 Å². The SMILES string of the molecule is CCn1cnnc1[C@@H]1CN(Cc2nc(C)ccc2O)CCO1. The molecule has 1 N–H and O–H groups in total. The maximum atomic E-state index is 9.95. The molecular formula is C15H21N5O2. The first-order chi connectivity index (χ1) is 10.7. The zero-order valence-corrected chi connectivity index (χ0v) is 12.9. The van der Waals surface area contributed by atoms with Crippen molar-refractivity contribution in [1.82, 2.24) is 24.6 Å². The summed E-state index contributed by atoms with van der Waals surface area (Å²) in [6.07, 6.45) is 1.63. The molecule has 2 aromatic rings. The van der Waals surface area contributed by atoms with Gasteiger partial charge in [-0.25, -0.2) is 0 Å². The summed E-state index contributed by atoms with van der Waals surface area (Å²) in [6.45, 7) is 7.57. The van der Waals surface area contributed by atoms with Gasteiger partial charge >= 0.3 is 0 Å². The van der Waals surface area contributed by atoms with Crippen molar-refractivity contribution in [3.8, 4) is 5.75 Å². The van der Waals surface area contributed by atoms with Crippen LogP contribution in [0.15, 0.2) is 18.5 Å². The van der Waals surface area contributed by atoms with Crippen molar-refractivity contribution < 1.29 is 9.84 Å². The van der Waals surface area contributed by atoms with Crippen molar-refractivity contribution in [1.29, 1.82) is 0 Å². The first-order valence-electron chi connectivity index (χ1n) is 7.54. The van der Waals surface area contributed by atoms with Gasteiger partial charge in [0.05, 0.1) is 12.3 Å². The van der Waals surface area contributed by atoms with Gasteiger partial charge in [0.2, 0.25) is 0 Å². The third-order valence-electron chi connectivity index (χ3n) is 3.89. The highest BCUT2D eigenvalue weighted by Crippen LogP contribution is 2.23. The number of rotatable bonds is 4. The maximum absolute atomic E-state index is 9.95. The Morgan fingerprint density at radius 1 is 1.41 bits per heavy atom. The summed E-state index contributed by atoms with van der Waals surface area (Å²) in [4.78, 5) is 6.65. The van der Waals surface area contributed by atoms with Crippen molar-refractivity contribution in [2.45, 2.75) is 33.0 Å². The fourth-order valence-corrected chi connectivity index (χ4v) is 2.69. The van der Waals surface area contributed by atoms with Gasteiger partial charge in [-0.1, -0.05) is 0 Å². The molecule has 0 bridgehead atoms. The number of aryl methyl sites for hydroxylation is 2. The standard InChI is InChI=1S/C15H21N5O2/c1-3-20-10-16-18-15(20)14-9-19(6-7-22-14)8-12-13(21)5-4-11(2)17-12/h4-5,10,14,21H,3,6-9H2,1-2H3/t14-/m0/s1. The van der Waals surface area contributed by atoms with Crippen LogP contribution in [0.4, 0.5) is 0 Å². The van der Waals surface area contributed by atoms with Gasteiger partial charge in [-0.05, 0) is 26.0 Å². The Hall–Kier alpha value is -1.99. The second-order valence-corrected chi connectivity index (χ2v) is 5.49. The molecule has 2 aromatic heterocycles. The van der Waals surface area contributed by atoms with E-state index in [1.54, 1.807) is 12.4 Å². The molecule has 1 saturated heterocycles. The Labute approximate surface area is 129 Å². The van der Waals surface area contributed by atoms with Crippen molar-refractivity contribution in [2.75, 3.05) is 19.7 Å². The molecule has 7 nitrogen and oxygen atoms in total. The van der Waals surface area contributed by atoms with Crippen molar-refractivity contribution >= 4 is 0 Å². The number of hydrogen-bond donors (Lipinski definition) is 1. The predicted octanol–water partition coefficient (Wildman–Crippen LogP) is 1.28. The molecule has 1 aliphatic rings. The zero-order chi connectivity index (χ0) is 15.5. The van der Waals surface area contributed by atoms with E-state index >= 15 is 0 Å². The minimum absolute atomic E-state index is 0.0943. The molecule has 118 valence electrons. The summed E-state index contributed by atoms with van der Waals surface area (Å²) >= 11 is 0. The van der Waals surface area contributed by atoms with E-state index in [1.807, 2.05) is 17.6 Å². The van der Waals surface area contributed by atoms with Crippen molar-refractivity contribution in [3.05, 3.63) is 35.7 Å². The number of aromatic nitrogens is 4. The third kappa shape index (κ3) is 3.10. The van der Waals surface area contributed by atoms with E-state index in [1.165, 1.54) is 0 Å². The number of nitrogens with zero attached hydrogens (tertiary/aromatic N) is 5. The Bertz CT molecular complexity index is 643. The van der Waals surface area contributed by atoms with E-state index in [0.717, 1.165) is 24.6 Å². The van der Waals surface area contributed by atoms with Gasteiger partial charge in [0.15, 0.2) is 5.82 Å². The van der Waals surface area contributed by atoms with Gasteiger partial charge in [0, 0.05) is 31.9 Å². The molecule has 0 saturated carbocycles. The molecule has 22 heavy (non-hydrogen) atoms. The molecule has 1 aliphatic heterocycles. The normalized spacial score (nSPS) is 19.5. The largest absolute Gasteiger partial charge is 0.506 e. The molecule has 0 amide bonds. The molecule has 0 spiro atoms. The molecular weight excluding hydrogens is 282 g/mol. The topological polar surface area (TPSA) is 76.3 Å². The first-order valence-corrected chi connectivity index (χ1v) is 7.54. The molecule has 0 aromatic carbocycles. The average molecular weight is 303 g/mol. The molecule has 0 unspecified atom stereocenters. The fourth-order valence-electron chi connectivity index (χ4n) is 2.69. The lowest BCUT2D eigenvalue weighted by Crippen LogP contribution is -2.39. The highest BCUT2D eigenvalue weighted by atomic mass is 16.5. The number of pyridine rings is 1. The summed E-state index contributed by atoms with van der Waals surface area (Å²) in [5, 5.41) is 18.1. The molecule has 1 fully saturated rings. The van der Waals surface area contributed by atoms with Crippen LogP contribution in [0.1, 0.15) is 30.2 Å². The minimum atomic E-state index is -0.0943. The van der Waals surface area contributed by atoms with E-state index in [4.69, 9.17) is 4.74 Å². The van der Waals surface area contributed by atoms with Crippen LogP contribution in [0.5, 0.6) is 5.75 Å². The van der Waals surface area contributed by atoms with Crippen LogP contribution in [0.25, 0.3) is 0 Å². The van der Waals surface area contributed by atoms with E-state index < -0.39 is 0 Å². The van der Waals surface area contributed by atoms with E-state index in [-0.39, 0.29) is 11.9 Å². The van der Waals surface area contributed by atoms with Gasteiger partial charge in [-0.3, -0.25) is 9.88 Å². The second kappa shape index (κ2) is 6.41. The van der Waals surface area contributed by atoms with Crippen LogP contribution in [0.2, 0.25) is 0 Å². The maximum Gasteiger partial charge on any atom is 0.163 e. The zero-order valence-electron chi connectivity index (χ0n) is 12.9. The van der Waals surface area contributed by atoms with Gasteiger partial charge < -0.3 is 14.4 Å². The van der Waals surface area contributed by atoms with Crippen LogP contribution in [-0.4, -0.2) is 49.5 Å². The Morgan fingerprint density at radius 3 is 3.09 bits per heavy atom. The van der Waals surface area contributed by atoms with Crippen LogP contribution in [0.3, 0.4) is 0 Å². The summed E-state index contributed by atoms with van der Waals surface area (Å²) in [6, 6.07) is 3.51. The summed E-state index contributed by atoms with van der Waals surface area (Å²) < 4.78 is 7.84. The van der Waals surface area contributed by atoms with Gasteiger partial charge in [0.1, 0.15) is 18.2 Å². The summed E-state index contributed by atoms with van der Waals surface area (Å²) in [5.74, 6) is 1.10. The molecule has 0 aliphatic carbocycles. The minimum Gasteiger partial charge on any atom is -0.506 e. The predicted molar refractivity (Wildman–Crippen MR) is 80.3 cm³/mol. The average Bonchev–Trinajstić information content (AvgIpc) is 3.00. The lowest BCUT2D eigenvalue weighted by molar-refractivity contribution is -0.0394. The fraction of sp³-hybridized carbons (Fsp3) is 0.533. The number of hydrogen-bond acceptors (Lipinski definition) is 6. The van der Waals surface area contributed by atoms with Gasteiger partial charge in [0.25, 0.3) is 0 Å². The Morgan fingerprint density at radius 2 is 2.27 bits per heavy atom. The second-order valence-electron chi connectivity index (χ2n) is 5.49. The van der Waals surface area contributed by atoms with Crippen molar-refractivity contribution in [2.24, 2.45) is 0 Å². The molecule has 3 rings (SSSR count). The van der Waals surface area contributed by atoms with Crippen molar-refractivity contribution in [3.63, 3.8) is 0 Å². The number of ether oxygens (including phenoxy) is 1. The first kappa shape index (κ1) is 14.9. The van der Waals surface area contributed by atoms with Crippen LogP contribution in [0, 0.1) is 6.92 Å². The molecule has 0 radical (unpaired) electrons. The van der Waals surface area contributed by atoms with Crippen LogP contribution in [-0.2, 0) is 17.8 Å². The Kier molecular flexibility index (Phi) is 4.35. The monoisotopic (exact) mass is 303 g/mol. The third-order valence-corrected chi connectivity index (χ3v) is 3.89. The quantitative estimate of drug-likeness (QED) is 0.917. The van der Waals surface area contributed by atoms with E-state index in [9.17, 15) is 5.11 Å². The summed E-state index contributed by atoms with van der Waals surface area (Å²) in [5.41, 5.74) is 1.61. The smallest absolute Gasteiger partial charge is 0.163 e. The Balaban J connectivity index is 1.72. The summed E-state index contributed by atoms with van der Waals surface area (Å²) in [7, 11) is 0. The molecule has 1 atom stereocenters. The van der Waals surface area contributed by atoms with Crippen LogP contribution < -0.4 is 0 Å². The molecule has 7 heteroatoms. The highest BCUT2D eigenvalue weighted by molar-refractivity contribution is 5.27. The number of morpholine rings is 1. The van der Waals surface area contributed by atoms with Gasteiger partial charge in [-0.15, -0.1) is 10.2 Å². The van der Waals surface area contributed by atoms with E-state index in [0.29, 0.717) is 25.4 Å². The lowest BCUT2D eigenvalue weighted by Gasteiger charge is -2.32. The molecule has 3 heterocycles. The van der Waals surface area contributed by atoms with E-state index in [2.05, 4.69) is 27.0 Å². The lowest BCUT2D eigenvalue weighted by atomic mass is 10.2.